The first kappa shape index (κ1) is 15.0. The standard InChI is InChI=1S/C14H24N4O2/c1-11-16-7-9-18(11)8-3-2-6-17-14(19)13-5-4-12(10-15)20-13/h7,9,12-13H,2-6,8,10,15H2,1H3,(H,17,19)/t12-,13+/m1/s1. The molecule has 20 heavy (non-hydrogen) atoms. The summed E-state index contributed by atoms with van der Waals surface area (Å²) in [5, 5.41) is 2.93. The van der Waals surface area contributed by atoms with Crippen molar-refractivity contribution in [3.63, 3.8) is 0 Å². The summed E-state index contributed by atoms with van der Waals surface area (Å²) >= 11 is 0. The second-order valence-corrected chi connectivity index (χ2v) is 5.23. The molecule has 0 bridgehead atoms. The van der Waals surface area contributed by atoms with Crippen LogP contribution >= 0.6 is 0 Å². The Morgan fingerprint density at radius 2 is 2.40 bits per heavy atom. The average Bonchev–Trinajstić information content (AvgIpc) is 3.07. The third-order valence-electron chi connectivity index (χ3n) is 3.71. The predicted molar refractivity (Wildman–Crippen MR) is 76.2 cm³/mol. The first-order valence-corrected chi connectivity index (χ1v) is 7.31. The van der Waals surface area contributed by atoms with E-state index in [0.717, 1.165) is 38.1 Å². The first-order chi connectivity index (χ1) is 9.70. The van der Waals surface area contributed by atoms with Crippen LogP contribution < -0.4 is 11.1 Å². The fraction of sp³-hybridized carbons (Fsp3) is 0.714. The van der Waals surface area contributed by atoms with Crippen LogP contribution in [0.15, 0.2) is 12.4 Å². The Kier molecular flexibility index (Phi) is 5.55. The maximum absolute atomic E-state index is 11.9. The Morgan fingerprint density at radius 3 is 3.05 bits per heavy atom. The summed E-state index contributed by atoms with van der Waals surface area (Å²) in [4.78, 5) is 16.0. The van der Waals surface area contributed by atoms with Crippen molar-refractivity contribution in [1.29, 1.82) is 0 Å². The molecule has 1 aliphatic heterocycles. The Bertz CT molecular complexity index is 433. The van der Waals surface area contributed by atoms with Crippen LogP contribution in [-0.4, -0.2) is 40.8 Å². The van der Waals surface area contributed by atoms with Crippen molar-refractivity contribution in [2.45, 2.75) is 51.4 Å². The number of unbranched alkanes of at least 4 members (excludes halogenated alkanes) is 1. The fourth-order valence-corrected chi connectivity index (χ4v) is 2.44. The molecule has 3 N–H and O–H groups in total. The van der Waals surface area contributed by atoms with Crippen LogP contribution in [0.2, 0.25) is 0 Å². The van der Waals surface area contributed by atoms with E-state index in [9.17, 15) is 4.79 Å². The number of ether oxygens (including phenoxy) is 1. The largest absolute Gasteiger partial charge is 0.364 e. The van der Waals surface area contributed by atoms with E-state index in [1.807, 2.05) is 19.3 Å². The molecular formula is C14H24N4O2. The molecule has 0 unspecified atom stereocenters. The highest BCUT2D eigenvalue weighted by atomic mass is 16.5. The molecule has 1 aromatic heterocycles. The third kappa shape index (κ3) is 4.05. The Hall–Kier alpha value is -1.40. The van der Waals surface area contributed by atoms with Gasteiger partial charge < -0.3 is 20.4 Å². The normalized spacial score (nSPS) is 22.1. The topological polar surface area (TPSA) is 82.2 Å². The van der Waals surface area contributed by atoms with E-state index in [2.05, 4.69) is 14.9 Å². The zero-order valence-corrected chi connectivity index (χ0v) is 12.0. The van der Waals surface area contributed by atoms with Gasteiger partial charge in [0, 0.05) is 32.0 Å². The van der Waals surface area contributed by atoms with E-state index in [1.165, 1.54) is 0 Å². The van der Waals surface area contributed by atoms with Crippen LogP contribution in [0.5, 0.6) is 0 Å². The minimum atomic E-state index is -0.306. The van der Waals surface area contributed by atoms with Crippen molar-refractivity contribution in [3.05, 3.63) is 18.2 Å². The van der Waals surface area contributed by atoms with E-state index in [1.54, 1.807) is 0 Å². The number of rotatable bonds is 7. The molecule has 6 heteroatoms. The highest BCUT2D eigenvalue weighted by Crippen LogP contribution is 2.18. The Balaban J connectivity index is 1.57. The van der Waals surface area contributed by atoms with Gasteiger partial charge in [-0.3, -0.25) is 4.79 Å². The van der Waals surface area contributed by atoms with Gasteiger partial charge in [0.25, 0.3) is 0 Å². The van der Waals surface area contributed by atoms with Crippen molar-refractivity contribution < 1.29 is 9.53 Å². The number of carbonyl (C=O) groups excluding carboxylic acids is 1. The SMILES string of the molecule is Cc1nccn1CCCCNC(=O)[C@@H]1CC[C@H](CN)O1. The van der Waals surface area contributed by atoms with Crippen molar-refractivity contribution >= 4 is 5.91 Å². The third-order valence-corrected chi connectivity index (χ3v) is 3.71. The smallest absolute Gasteiger partial charge is 0.249 e. The van der Waals surface area contributed by atoms with Gasteiger partial charge in [0.1, 0.15) is 11.9 Å². The fourth-order valence-electron chi connectivity index (χ4n) is 2.44. The summed E-state index contributed by atoms with van der Waals surface area (Å²) in [6.07, 6.45) is 7.17. The second kappa shape index (κ2) is 7.40. The predicted octanol–water partition coefficient (Wildman–Crippen LogP) is 0.594. The molecule has 2 atom stereocenters. The van der Waals surface area contributed by atoms with Gasteiger partial charge in [-0.2, -0.15) is 0 Å². The Morgan fingerprint density at radius 1 is 1.55 bits per heavy atom. The maximum Gasteiger partial charge on any atom is 0.249 e. The van der Waals surface area contributed by atoms with E-state index < -0.39 is 0 Å². The average molecular weight is 280 g/mol. The van der Waals surface area contributed by atoms with E-state index in [0.29, 0.717) is 13.1 Å². The molecular weight excluding hydrogens is 256 g/mol. The van der Waals surface area contributed by atoms with Crippen LogP contribution in [0.3, 0.4) is 0 Å². The van der Waals surface area contributed by atoms with Crippen LogP contribution in [0.25, 0.3) is 0 Å². The molecule has 6 nitrogen and oxygen atoms in total. The van der Waals surface area contributed by atoms with Gasteiger partial charge >= 0.3 is 0 Å². The van der Waals surface area contributed by atoms with Crippen molar-refractivity contribution in [2.24, 2.45) is 5.73 Å². The van der Waals surface area contributed by atoms with Gasteiger partial charge in [0.2, 0.25) is 5.91 Å². The number of hydrogen-bond acceptors (Lipinski definition) is 4. The second-order valence-electron chi connectivity index (χ2n) is 5.23. The number of aromatic nitrogens is 2. The molecule has 0 saturated carbocycles. The number of nitrogens with zero attached hydrogens (tertiary/aromatic N) is 2. The molecule has 1 amide bonds. The van der Waals surface area contributed by atoms with Gasteiger partial charge in [0.15, 0.2) is 0 Å². The zero-order valence-electron chi connectivity index (χ0n) is 12.0. The van der Waals surface area contributed by atoms with Crippen molar-refractivity contribution in [2.75, 3.05) is 13.1 Å². The number of imidazole rings is 1. The molecule has 1 saturated heterocycles. The van der Waals surface area contributed by atoms with Gasteiger partial charge in [-0.1, -0.05) is 0 Å². The maximum atomic E-state index is 11.9. The lowest BCUT2D eigenvalue weighted by Crippen LogP contribution is -2.36. The summed E-state index contributed by atoms with van der Waals surface area (Å²) in [7, 11) is 0. The van der Waals surface area contributed by atoms with Gasteiger partial charge in [0.05, 0.1) is 6.10 Å². The van der Waals surface area contributed by atoms with Gasteiger partial charge in [-0.05, 0) is 32.6 Å². The molecule has 1 aromatic rings. The van der Waals surface area contributed by atoms with Crippen LogP contribution in [0.1, 0.15) is 31.5 Å². The monoisotopic (exact) mass is 280 g/mol. The van der Waals surface area contributed by atoms with Crippen LogP contribution in [0, 0.1) is 6.92 Å². The number of nitrogens with one attached hydrogen (secondary N) is 1. The Labute approximate surface area is 119 Å². The minimum Gasteiger partial charge on any atom is -0.364 e. The van der Waals surface area contributed by atoms with Crippen molar-refractivity contribution in [3.8, 4) is 0 Å². The summed E-state index contributed by atoms with van der Waals surface area (Å²) in [6.45, 7) is 4.12. The van der Waals surface area contributed by atoms with Gasteiger partial charge in [-0.25, -0.2) is 4.98 Å². The number of carbonyl (C=O) groups is 1. The van der Waals surface area contributed by atoms with Crippen LogP contribution in [-0.2, 0) is 16.1 Å². The zero-order chi connectivity index (χ0) is 14.4. The number of amides is 1. The van der Waals surface area contributed by atoms with E-state index in [4.69, 9.17) is 10.5 Å². The highest BCUT2D eigenvalue weighted by molar-refractivity contribution is 5.80. The first-order valence-electron chi connectivity index (χ1n) is 7.31. The molecule has 2 rings (SSSR count). The van der Waals surface area contributed by atoms with E-state index >= 15 is 0 Å². The number of hydrogen-bond donors (Lipinski definition) is 2. The molecule has 2 heterocycles. The molecule has 0 spiro atoms. The highest BCUT2D eigenvalue weighted by Gasteiger charge is 2.29. The molecule has 1 aliphatic rings. The lowest BCUT2D eigenvalue weighted by molar-refractivity contribution is -0.131. The summed E-state index contributed by atoms with van der Waals surface area (Å²) < 4.78 is 7.67. The summed E-state index contributed by atoms with van der Waals surface area (Å²) in [5.74, 6) is 1.03. The minimum absolute atomic E-state index is 0.000221. The lowest BCUT2D eigenvalue weighted by atomic mass is 10.2. The van der Waals surface area contributed by atoms with Gasteiger partial charge in [-0.15, -0.1) is 0 Å². The summed E-state index contributed by atoms with van der Waals surface area (Å²) in [6, 6.07) is 0. The lowest BCUT2D eigenvalue weighted by Gasteiger charge is -2.12. The molecule has 0 aliphatic carbocycles. The molecule has 112 valence electrons. The van der Waals surface area contributed by atoms with Crippen molar-refractivity contribution in [1.82, 2.24) is 14.9 Å². The number of nitrogens with two attached hydrogens (primary N) is 1. The molecule has 1 fully saturated rings. The number of aryl methyl sites for hydroxylation is 2. The molecule has 0 aromatic carbocycles. The quantitative estimate of drug-likeness (QED) is 0.716. The van der Waals surface area contributed by atoms with E-state index in [-0.39, 0.29) is 18.1 Å². The summed E-state index contributed by atoms with van der Waals surface area (Å²) in [5.41, 5.74) is 5.53. The molecule has 0 radical (unpaired) electrons. The van der Waals surface area contributed by atoms with Crippen LogP contribution in [0.4, 0.5) is 0 Å².